The number of nitriles is 1. The van der Waals surface area contributed by atoms with Crippen molar-refractivity contribution in [3.8, 4) is 6.07 Å². The maximum absolute atomic E-state index is 12.8. The number of aromatic nitrogens is 2. The molecular weight excluding hydrogens is 376 g/mol. The van der Waals surface area contributed by atoms with Crippen LogP contribution in [0.4, 0.5) is 11.6 Å². The number of anilines is 2. The van der Waals surface area contributed by atoms with Crippen LogP contribution >= 0.6 is 0 Å². The molecule has 0 saturated carbocycles. The zero-order chi connectivity index (χ0) is 19.6. The fourth-order valence-corrected chi connectivity index (χ4v) is 5.03. The molecule has 2 fully saturated rings. The molecule has 3 heterocycles. The van der Waals surface area contributed by atoms with Crippen molar-refractivity contribution >= 4 is 21.7 Å². The summed E-state index contributed by atoms with van der Waals surface area (Å²) in [5.41, 5.74) is 0.444. The predicted octanol–water partition coefficient (Wildman–Crippen LogP) is 1.46. The summed E-state index contributed by atoms with van der Waals surface area (Å²) in [4.78, 5) is 4.51. The van der Waals surface area contributed by atoms with Crippen molar-refractivity contribution in [2.24, 2.45) is 0 Å². The molecule has 2 aliphatic heterocycles. The van der Waals surface area contributed by atoms with Crippen LogP contribution in [0.2, 0.25) is 0 Å². The monoisotopic (exact) mass is 398 g/mol. The molecule has 1 aromatic heterocycles. The van der Waals surface area contributed by atoms with Gasteiger partial charge in [0.2, 0.25) is 10.0 Å². The minimum atomic E-state index is -3.56. The van der Waals surface area contributed by atoms with Gasteiger partial charge in [-0.3, -0.25) is 0 Å². The third-order valence-corrected chi connectivity index (χ3v) is 7.16. The molecule has 0 spiro atoms. The van der Waals surface area contributed by atoms with Crippen LogP contribution in [-0.2, 0) is 10.0 Å². The quantitative estimate of drug-likeness (QED) is 0.770. The van der Waals surface area contributed by atoms with Crippen LogP contribution < -0.4 is 9.80 Å². The van der Waals surface area contributed by atoms with Gasteiger partial charge < -0.3 is 9.80 Å². The molecular formula is C19H22N6O2S. The fraction of sp³-hybridized carbons (Fsp3) is 0.421. The maximum atomic E-state index is 12.8. The molecule has 0 amide bonds. The predicted molar refractivity (Wildman–Crippen MR) is 106 cm³/mol. The first-order chi connectivity index (χ1) is 13.6. The third kappa shape index (κ3) is 3.66. The Morgan fingerprint density at radius 2 is 1.32 bits per heavy atom. The highest BCUT2D eigenvalue weighted by atomic mass is 32.2. The second-order valence-electron chi connectivity index (χ2n) is 6.97. The standard InChI is InChI=1S/C19H22N6O2S/c20-15-16-3-5-17(6-4-16)28(26,27)25-13-11-24(12-14-25)19-8-7-18(21-22-19)23-9-1-2-10-23/h3-8H,1-2,9-14H2. The number of piperazine rings is 1. The van der Waals surface area contributed by atoms with Crippen molar-refractivity contribution in [1.82, 2.24) is 14.5 Å². The third-order valence-electron chi connectivity index (χ3n) is 5.25. The molecule has 0 N–H and O–H groups in total. The SMILES string of the molecule is N#Cc1ccc(S(=O)(=O)N2CCN(c3ccc(N4CCCC4)nn3)CC2)cc1. The lowest BCUT2D eigenvalue weighted by atomic mass is 10.2. The van der Waals surface area contributed by atoms with Crippen molar-refractivity contribution in [3.63, 3.8) is 0 Å². The Morgan fingerprint density at radius 1 is 0.786 bits per heavy atom. The van der Waals surface area contributed by atoms with E-state index in [1.807, 2.05) is 18.2 Å². The van der Waals surface area contributed by atoms with E-state index in [9.17, 15) is 8.42 Å². The van der Waals surface area contributed by atoms with Gasteiger partial charge in [-0.15, -0.1) is 10.2 Å². The van der Waals surface area contributed by atoms with Gasteiger partial charge in [-0.2, -0.15) is 9.57 Å². The smallest absolute Gasteiger partial charge is 0.243 e. The highest BCUT2D eigenvalue weighted by Gasteiger charge is 2.29. The molecule has 0 atom stereocenters. The van der Waals surface area contributed by atoms with Crippen LogP contribution in [-0.4, -0.2) is 62.2 Å². The Morgan fingerprint density at radius 3 is 1.82 bits per heavy atom. The van der Waals surface area contributed by atoms with Gasteiger partial charge in [0, 0.05) is 39.3 Å². The Bertz CT molecular complexity index is 955. The summed E-state index contributed by atoms with van der Waals surface area (Å²) in [7, 11) is -3.56. The van der Waals surface area contributed by atoms with Crippen LogP contribution in [0.15, 0.2) is 41.3 Å². The molecule has 2 saturated heterocycles. The van der Waals surface area contributed by atoms with Crippen LogP contribution in [0.25, 0.3) is 0 Å². The first kappa shape index (κ1) is 18.7. The van der Waals surface area contributed by atoms with E-state index in [1.54, 1.807) is 0 Å². The van der Waals surface area contributed by atoms with E-state index < -0.39 is 10.0 Å². The van der Waals surface area contributed by atoms with E-state index in [2.05, 4.69) is 20.0 Å². The molecule has 9 heteroatoms. The van der Waals surface area contributed by atoms with Gasteiger partial charge in [0.15, 0.2) is 11.6 Å². The largest absolute Gasteiger partial charge is 0.355 e. The Hall–Kier alpha value is -2.70. The second-order valence-corrected chi connectivity index (χ2v) is 8.91. The molecule has 0 unspecified atom stereocenters. The van der Waals surface area contributed by atoms with Gasteiger partial charge in [0.1, 0.15) is 0 Å². The van der Waals surface area contributed by atoms with E-state index in [0.717, 1.165) is 24.7 Å². The summed E-state index contributed by atoms with van der Waals surface area (Å²) in [6.07, 6.45) is 2.39. The summed E-state index contributed by atoms with van der Waals surface area (Å²) < 4.78 is 27.1. The van der Waals surface area contributed by atoms with Crippen LogP contribution in [0.5, 0.6) is 0 Å². The molecule has 4 rings (SSSR count). The zero-order valence-corrected chi connectivity index (χ0v) is 16.3. The number of nitrogens with zero attached hydrogens (tertiary/aromatic N) is 6. The molecule has 146 valence electrons. The highest BCUT2D eigenvalue weighted by molar-refractivity contribution is 7.89. The van der Waals surface area contributed by atoms with Crippen molar-refractivity contribution < 1.29 is 8.42 Å². The average Bonchev–Trinajstić information content (AvgIpc) is 3.29. The molecule has 2 aliphatic rings. The van der Waals surface area contributed by atoms with E-state index in [1.165, 1.54) is 41.4 Å². The number of hydrogen-bond donors (Lipinski definition) is 0. The van der Waals surface area contributed by atoms with E-state index in [-0.39, 0.29) is 4.90 Å². The highest BCUT2D eigenvalue weighted by Crippen LogP contribution is 2.22. The minimum absolute atomic E-state index is 0.217. The number of sulfonamides is 1. The minimum Gasteiger partial charge on any atom is -0.355 e. The molecule has 8 nitrogen and oxygen atoms in total. The van der Waals surface area contributed by atoms with E-state index in [0.29, 0.717) is 31.7 Å². The average molecular weight is 398 g/mol. The Labute approximate surface area is 165 Å². The second kappa shape index (κ2) is 7.73. The summed E-state index contributed by atoms with van der Waals surface area (Å²) in [6.45, 7) is 3.95. The molecule has 0 aliphatic carbocycles. The van der Waals surface area contributed by atoms with Gasteiger partial charge in [-0.25, -0.2) is 8.42 Å². The summed E-state index contributed by atoms with van der Waals surface area (Å²) in [6, 6.07) is 12.0. The fourth-order valence-electron chi connectivity index (χ4n) is 3.61. The first-order valence-corrected chi connectivity index (χ1v) is 10.9. The molecule has 0 bridgehead atoms. The normalized spacial score (nSPS) is 18.2. The van der Waals surface area contributed by atoms with Crippen LogP contribution in [0, 0.1) is 11.3 Å². The van der Waals surface area contributed by atoms with E-state index >= 15 is 0 Å². The lowest BCUT2D eigenvalue weighted by molar-refractivity contribution is 0.383. The summed E-state index contributed by atoms with van der Waals surface area (Å²) >= 11 is 0. The Balaban J connectivity index is 1.40. The van der Waals surface area contributed by atoms with Gasteiger partial charge in [-0.05, 0) is 49.2 Å². The van der Waals surface area contributed by atoms with Gasteiger partial charge in [0.25, 0.3) is 0 Å². The zero-order valence-electron chi connectivity index (χ0n) is 15.5. The van der Waals surface area contributed by atoms with Crippen LogP contribution in [0.3, 0.4) is 0 Å². The lowest BCUT2D eigenvalue weighted by Gasteiger charge is -2.34. The number of benzene rings is 1. The molecule has 28 heavy (non-hydrogen) atoms. The lowest BCUT2D eigenvalue weighted by Crippen LogP contribution is -2.49. The summed E-state index contributed by atoms with van der Waals surface area (Å²) in [5.74, 6) is 1.68. The number of hydrogen-bond acceptors (Lipinski definition) is 7. The maximum Gasteiger partial charge on any atom is 0.243 e. The van der Waals surface area contributed by atoms with Crippen molar-refractivity contribution in [1.29, 1.82) is 5.26 Å². The first-order valence-electron chi connectivity index (χ1n) is 9.42. The van der Waals surface area contributed by atoms with Crippen LogP contribution in [0.1, 0.15) is 18.4 Å². The van der Waals surface area contributed by atoms with E-state index in [4.69, 9.17) is 5.26 Å². The Kier molecular flexibility index (Phi) is 5.15. The van der Waals surface area contributed by atoms with Crippen molar-refractivity contribution in [2.75, 3.05) is 49.1 Å². The summed E-state index contributed by atoms with van der Waals surface area (Å²) in [5, 5.41) is 17.6. The van der Waals surface area contributed by atoms with Crippen molar-refractivity contribution in [3.05, 3.63) is 42.0 Å². The molecule has 2 aromatic rings. The van der Waals surface area contributed by atoms with Gasteiger partial charge >= 0.3 is 0 Å². The molecule has 1 aromatic carbocycles. The topological polar surface area (TPSA) is 93.4 Å². The van der Waals surface area contributed by atoms with Gasteiger partial charge in [-0.1, -0.05) is 0 Å². The molecule has 0 radical (unpaired) electrons. The number of rotatable bonds is 4. The van der Waals surface area contributed by atoms with Gasteiger partial charge in [0.05, 0.1) is 16.5 Å². The van der Waals surface area contributed by atoms with Crippen molar-refractivity contribution in [2.45, 2.75) is 17.7 Å².